The third-order valence-corrected chi connectivity index (χ3v) is 6.10. The Labute approximate surface area is 147 Å². The van der Waals surface area contributed by atoms with Crippen molar-refractivity contribution in [2.24, 2.45) is 0 Å². The molecule has 5 nitrogen and oxygen atoms in total. The molecule has 0 fully saturated rings. The van der Waals surface area contributed by atoms with Crippen LogP contribution >= 0.6 is 0 Å². The molecule has 0 radical (unpaired) electrons. The maximum Gasteiger partial charge on any atom is 0.177 e. The molecular formula is C17H20FNO4S2. The highest BCUT2D eigenvalue weighted by Gasteiger charge is 2.19. The maximum absolute atomic E-state index is 13.7. The molecule has 2 rings (SSSR count). The lowest BCUT2D eigenvalue weighted by Crippen LogP contribution is -2.12. The minimum Gasteiger partial charge on any atom is -0.377 e. The summed E-state index contributed by atoms with van der Waals surface area (Å²) in [6.07, 6.45) is 2.02. The zero-order valence-electron chi connectivity index (χ0n) is 14.4. The monoisotopic (exact) mass is 385 g/mol. The minimum atomic E-state index is -3.66. The first kappa shape index (κ1) is 19.4. The molecule has 0 aromatic heterocycles. The van der Waals surface area contributed by atoms with E-state index in [9.17, 15) is 21.2 Å². The summed E-state index contributed by atoms with van der Waals surface area (Å²) in [5.74, 6) is -0.345. The van der Waals surface area contributed by atoms with Crippen molar-refractivity contribution in [1.29, 1.82) is 0 Å². The van der Waals surface area contributed by atoms with E-state index in [1.54, 1.807) is 26.0 Å². The molecule has 136 valence electrons. The topological polar surface area (TPSA) is 80.3 Å². The number of benzene rings is 2. The van der Waals surface area contributed by atoms with Gasteiger partial charge in [-0.3, -0.25) is 0 Å². The lowest BCUT2D eigenvalue weighted by molar-refractivity contribution is 0.600. The van der Waals surface area contributed by atoms with E-state index in [-0.39, 0.29) is 27.3 Å². The Balaban J connectivity index is 2.46. The van der Waals surface area contributed by atoms with Gasteiger partial charge >= 0.3 is 0 Å². The van der Waals surface area contributed by atoms with Crippen molar-refractivity contribution in [1.82, 2.24) is 0 Å². The van der Waals surface area contributed by atoms with Crippen LogP contribution in [0.2, 0.25) is 0 Å². The van der Waals surface area contributed by atoms with E-state index in [4.69, 9.17) is 0 Å². The van der Waals surface area contributed by atoms with Crippen molar-refractivity contribution in [2.45, 2.75) is 29.7 Å². The Morgan fingerprint density at radius 1 is 0.960 bits per heavy atom. The zero-order valence-corrected chi connectivity index (χ0v) is 16.0. The van der Waals surface area contributed by atoms with Gasteiger partial charge in [0, 0.05) is 18.6 Å². The molecule has 0 aliphatic carbocycles. The van der Waals surface area contributed by atoms with E-state index < -0.39 is 19.7 Å². The number of rotatable bonds is 5. The molecule has 0 amide bonds. The van der Waals surface area contributed by atoms with Crippen LogP contribution < -0.4 is 5.32 Å². The molecule has 1 unspecified atom stereocenters. The van der Waals surface area contributed by atoms with Crippen LogP contribution in [0.15, 0.2) is 46.2 Å². The van der Waals surface area contributed by atoms with Gasteiger partial charge in [-0.25, -0.2) is 21.2 Å². The van der Waals surface area contributed by atoms with Gasteiger partial charge in [-0.15, -0.1) is 0 Å². The van der Waals surface area contributed by atoms with E-state index in [0.29, 0.717) is 11.1 Å². The lowest BCUT2D eigenvalue weighted by Gasteiger charge is -2.19. The molecule has 0 aliphatic heterocycles. The fourth-order valence-corrected chi connectivity index (χ4v) is 3.94. The Morgan fingerprint density at radius 2 is 1.60 bits per heavy atom. The van der Waals surface area contributed by atoms with E-state index >= 15 is 0 Å². The van der Waals surface area contributed by atoms with Gasteiger partial charge in [0.1, 0.15) is 5.82 Å². The lowest BCUT2D eigenvalue weighted by atomic mass is 10.1. The van der Waals surface area contributed by atoms with Gasteiger partial charge in [0.05, 0.1) is 15.5 Å². The van der Waals surface area contributed by atoms with Gasteiger partial charge in [0.25, 0.3) is 0 Å². The molecule has 0 saturated heterocycles. The molecule has 0 bridgehead atoms. The van der Waals surface area contributed by atoms with E-state index in [2.05, 4.69) is 5.32 Å². The smallest absolute Gasteiger partial charge is 0.177 e. The third-order valence-electron chi connectivity index (χ3n) is 3.85. The molecule has 2 aromatic carbocycles. The third kappa shape index (κ3) is 4.58. The van der Waals surface area contributed by atoms with Gasteiger partial charge in [0.2, 0.25) is 0 Å². The first-order valence-electron chi connectivity index (χ1n) is 7.46. The van der Waals surface area contributed by atoms with Gasteiger partial charge < -0.3 is 5.32 Å². The standard InChI is InChI=1S/C17H20FNO4S2/c1-11-5-6-13(9-15(11)18)12(2)19-16-8-7-14(24(3,20)21)10-17(16)25(4,22)23/h5-10,12,19H,1-4H3. The number of nitrogens with one attached hydrogen (secondary N) is 1. The number of anilines is 1. The summed E-state index contributed by atoms with van der Waals surface area (Å²) >= 11 is 0. The van der Waals surface area contributed by atoms with Crippen LogP contribution in [0.1, 0.15) is 24.1 Å². The zero-order chi connectivity index (χ0) is 19.0. The normalized spacial score (nSPS) is 13.5. The van der Waals surface area contributed by atoms with Crippen molar-refractivity contribution in [3.63, 3.8) is 0 Å². The molecular weight excluding hydrogens is 365 g/mol. The van der Waals surface area contributed by atoms with Crippen molar-refractivity contribution in [3.05, 3.63) is 53.3 Å². The second-order valence-corrected chi connectivity index (χ2v) is 10.1. The van der Waals surface area contributed by atoms with Crippen LogP contribution in [0.5, 0.6) is 0 Å². The molecule has 0 aliphatic rings. The van der Waals surface area contributed by atoms with Crippen LogP contribution in [-0.2, 0) is 19.7 Å². The van der Waals surface area contributed by atoms with Crippen molar-refractivity contribution >= 4 is 25.4 Å². The van der Waals surface area contributed by atoms with Crippen molar-refractivity contribution < 1.29 is 21.2 Å². The largest absolute Gasteiger partial charge is 0.377 e. The molecule has 1 atom stereocenters. The average molecular weight is 385 g/mol. The highest BCUT2D eigenvalue weighted by Crippen LogP contribution is 2.29. The molecule has 25 heavy (non-hydrogen) atoms. The molecule has 2 aromatic rings. The van der Waals surface area contributed by atoms with E-state index in [1.807, 2.05) is 0 Å². The number of aryl methyl sites for hydroxylation is 1. The summed E-state index contributed by atoms with van der Waals surface area (Å²) in [7, 11) is -7.20. The summed E-state index contributed by atoms with van der Waals surface area (Å²) in [4.78, 5) is -0.192. The maximum atomic E-state index is 13.7. The predicted molar refractivity (Wildman–Crippen MR) is 95.8 cm³/mol. The van der Waals surface area contributed by atoms with Gasteiger partial charge in [-0.05, 0) is 49.2 Å². The van der Waals surface area contributed by atoms with Crippen LogP contribution in [-0.4, -0.2) is 29.3 Å². The Bertz CT molecular complexity index is 1010. The molecule has 8 heteroatoms. The van der Waals surface area contributed by atoms with Crippen LogP contribution in [0, 0.1) is 12.7 Å². The van der Waals surface area contributed by atoms with Gasteiger partial charge in [-0.2, -0.15) is 0 Å². The number of hydrogen-bond acceptors (Lipinski definition) is 5. The average Bonchev–Trinajstić information content (AvgIpc) is 2.48. The second kappa shape index (κ2) is 6.76. The molecule has 0 spiro atoms. The SMILES string of the molecule is Cc1ccc(C(C)Nc2ccc(S(C)(=O)=O)cc2S(C)(=O)=O)cc1F. The quantitative estimate of drug-likeness (QED) is 0.855. The highest BCUT2D eigenvalue weighted by molar-refractivity contribution is 7.91. The van der Waals surface area contributed by atoms with Crippen LogP contribution in [0.4, 0.5) is 10.1 Å². The highest BCUT2D eigenvalue weighted by atomic mass is 32.2. The fraction of sp³-hybridized carbons (Fsp3) is 0.294. The minimum absolute atomic E-state index is 0.0764. The Morgan fingerprint density at radius 3 is 2.12 bits per heavy atom. The molecule has 1 N–H and O–H groups in total. The second-order valence-electron chi connectivity index (χ2n) is 6.08. The van der Waals surface area contributed by atoms with E-state index in [1.165, 1.54) is 18.2 Å². The Hall–Kier alpha value is -1.93. The number of hydrogen-bond donors (Lipinski definition) is 1. The summed E-state index contributed by atoms with van der Waals surface area (Å²) in [5.41, 5.74) is 1.43. The van der Waals surface area contributed by atoms with Gasteiger partial charge in [-0.1, -0.05) is 12.1 Å². The molecule has 0 saturated carbocycles. The van der Waals surface area contributed by atoms with Crippen molar-refractivity contribution in [3.8, 4) is 0 Å². The first-order chi connectivity index (χ1) is 11.4. The summed E-state index contributed by atoms with van der Waals surface area (Å²) in [6, 6.07) is 8.30. The first-order valence-corrected chi connectivity index (χ1v) is 11.2. The van der Waals surface area contributed by atoms with E-state index in [0.717, 1.165) is 18.6 Å². The number of halogens is 1. The Kier molecular flexibility index (Phi) is 5.24. The fourth-order valence-electron chi connectivity index (χ4n) is 2.35. The van der Waals surface area contributed by atoms with Gasteiger partial charge in [0.15, 0.2) is 19.7 Å². The van der Waals surface area contributed by atoms with Crippen LogP contribution in [0.25, 0.3) is 0 Å². The predicted octanol–water partition coefficient (Wildman–Crippen LogP) is 3.11. The number of sulfone groups is 2. The summed E-state index contributed by atoms with van der Waals surface area (Å²) in [5, 5.41) is 3.02. The summed E-state index contributed by atoms with van der Waals surface area (Å²) < 4.78 is 61.2. The van der Waals surface area contributed by atoms with Crippen LogP contribution in [0.3, 0.4) is 0 Å². The summed E-state index contributed by atoms with van der Waals surface area (Å²) in [6.45, 7) is 3.42. The van der Waals surface area contributed by atoms with Crippen molar-refractivity contribution in [2.75, 3.05) is 17.8 Å². The molecule has 0 heterocycles.